The van der Waals surface area contributed by atoms with Crippen LogP contribution in [0.3, 0.4) is 0 Å². The molecule has 1 aromatic carbocycles. The molecule has 0 atom stereocenters. The number of esters is 1. The van der Waals surface area contributed by atoms with E-state index in [0.29, 0.717) is 5.56 Å². The van der Waals surface area contributed by atoms with E-state index >= 15 is 0 Å². The molecular weight excluding hydrogens is 166 g/mol. The predicted octanol–water partition coefficient (Wildman–Crippen LogP) is 2.41. The SMILES string of the molecule is CC(C)OC(=O)c1ccccc1.N. The van der Waals surface area contributed by atoms with Crippen LogP contribution in [0.4, 0.5) is 0 Å². The molecule has 3 N–H and O–H groups in total. The molecule has 0 saturated heterocycles. The van der Waals surface area contributed by atoms with E-state index in [-0.39, 0.29) is 18.2 Å². The second kappa shape index (κ2) is 5.32. The van der Waals surface area contributed by atoms with E-state index in [2.05, 4.69) is 0 Å². The van der Waals surface area contributed by atoms with Gasteiger partial charge in [-0.25, -0.2) is 4.79 Å². The zero-order valence-electron chi connectivity index (χ0n) is 7.99. The summed E-state index contributed by atoms with van der Waals surface area (Å²) in [5, 5.41) is 0. The summed E-state index contributed by atoms with van der Waals surface area (Å²) < 4.78 is 5.00. The maximum atomic E-state index is 11.2. The van der Waals surface area contributed by atoms with Crippen LogP contribution in [0.15, 0.2) is 30.3 Å². The van der Waals surface area contributed by atoms with Gasteiger partial charge in [0.25, 0.3) is 0 Å². The van der Waals surface area contributed by atoms with E-state index < -0.39 is 0 Å². The van der Waals surface area contributed by atoms with Gasteiger partial charge in [-0.05, 0) is 26.0 Å². The predicted molar refractivity (Wildman–Crippen MR) is 52.0 cm³/mol. The Morgan fingerprint density at radius 1 is 1.23 bits per heavy atom. The molecule has 0 aliphatic carbocycles. The molecule has 0 bridgehead atoms. The first-order valence-electron chi connectivity index (χ1n) is 3.96. The number of hydrogen-bond acceptors (Lipinski definition) is 3. The number of rotatable bonds is 2. The molecular formula is C10H15NO2. The van der Waals surface area contributed by atoms with Crippen molar-refractivity contribution in [3.05, 3.63) is 35.9 Å². The summed E-state index contributed by atoms with van der Waals surface area (Å²) in [6, 6.07) is 8.98. The van der Waals surface area contributed by atoms with Gasteiger partial charge in [0, 0.05) is 0 Å². The van der Waals surface area contributed by atoms with Crippen LogP contribution >= 0.6 is 0 Å². The van der Waals surface area contributed by atoms with Crippen molar-refractivity contribution in [2.75, 3.05) is 0 Å². The van der Waals surface area contributed by atoms with E-state index in [1.54, 1.807) is 12.1 Å². The zero-order valence-corrected chi connectivity index (χ0v) is 7.99. The number of benzene rings is 1. The van der Waals surface area contributed by atoms with E-state index in [9.17, 15) is 4.79 Å². The highest BCUT2D eigenvalue weighted by molar-refractivity contribution is 5.89. The maximum absolute atomic E-state index is 11.2. The van der Waals surface area contributed by atoms with Gasteiger partial charge in [0.05, 0.1) is 11.7 Å². The van der Waals surface area contributed by atoms with Gasteiger partial charge >= 0.3 is 5.97 Å². The van der Waals surface area contributed by atoms with Gasteiger partial charge in [-0.15, -0.1) is 0 Å². The second-order valence-corrected chi connectivity index (χ2v) is 2.82. The highest BCUT2D eigenvalue weighted by Gasteiger charge is 2.06. The first-order valence-corrected chi connectivity index (χ1v) is 3.96. The molecule has 0 unspecified atom stereocenters. The van der Waals surface area contributed by atoms with Crippen LogP contribution in [-0.2, 0) is 4.74 Å². The maximum Gasteiger partial charge on any atom is 0.338 e. The fraction of sp³-hybridized carbons (Fsp3) is 0.300. The van der Waals surface area contributed by atoms with E-state index in [1.165, 1.54) is 0 Å². The molecule has 3 heteroatoms. The van der Waals surface area contributed by atoms with Crippen molar-refractivity contribution in [1.29, 1.82) is 0 Å². The Morgan fingerprint density at radius 2 is 1.77 bits per heavy atom. The normalized spacial score (nSPS) is 9.15. The molecule has 72 valence electrons. The summed E-state index contributed by atoms with van der Waals surface area (Å²) in [7, 11) is 0. The van der Waals surface area contributed by atoms with Crippen molar-refractivity contribution >= 4 is 5.97 Å². The molecule has 13 heavy (non-hydrogen) atoms. The molecule has 1 aromatic rings. The van der Waals surface area contributed by atoms with E-state index in [4.69, 9.17) is 4.74 Å². The Bertz CT molecular complexity index is 257. The summed E-state index contributed by atoms with van der Waals surface area (Å²) in [4.78, 5) is 11.2. The van der Waals surface area contributed by atoms with Crippen molar-refractivity contribution in [2.24, 2.45) is 0 Å². The first kappa shape index (κ1) is 11.6. The molecule has 0 radical (unpaired) electrons. The summed E-state index contributed by atoms with van der Waals surface area (Å²) in [5.41, 5.74) is 0.603. The standard InChI is InChI=1S/C10H12O2.H3N/c1-8(2)12-10(11)9-6-4-3-5-7-9;/h3-8H,1-2H3;1H3. The van der Waals surface area contributed by atoms with Gasteiger partial charge in [0.1, 0.15) is 0 Å². The van der Waals surface area contributed by atoms with Crippen LogP contribution in [-0.4, -0.2) is 12.1 Å². The van der Waals surface area contributed by atoms with Gasteiger partial charge in [0.2, 0.25) is 0 Å². The lowest BCUT2D eigenvalue weighted by Gasteiger charge is -2.06. The second-order valence-electron chi connectivity index (χ2n) is 2.82. The lowest BCUT2D eigenvalue weighted by Crippen LogP contribution is -2.11. The number of hydrogen-bond donors (Lipinski definition) is 1. The highest BCUT2D eigenvalue weighted by Crippen LogP contribution is 2.02. The third-order valence-electron chi connectivity index (χ3n) is 1.35. The third-order valence-corrected chi connectivity index (χ3v) is 1.35. The summed E-state index contributed by atoms with van der Waals surface area (Å²) in [5.74, 6) is -0.259. The molecule has 3 nitrogen and oxygen atoms in total. The Balaban J connectivity index is 0.00000144. The minimum absolute atomic E-state index is 0. The Morgan fingerprint density at radius 3 is 2.23 bits per heavy atom. The molecule has 0 fully saturated rings. The number of ether oxygens (including phenoxy) is 1. The van der Waals surface area contributed by atoms with E-state index in [0.717, 1.165) is 0 Å². The lowest BCUT2D eigenvalue weighted by molar-refractivity contribution is 0.0378. The van der Waals surface area contributed by atoms with E-state index in [1.807, 2.05) is 32.0 Å². The van der Waals surface area contributed by atoms with Crippen molar-refractivity contribution in [3.8, 4) is 0 Å². The lowest BCUT2D eigenvalue weighted by atomic mass is 10.2. The van der Waals surface area contributed by atoms with Crippen LogP contribution < -0.4 is 6.15 Å². The van der Waals surface area contributed by atoms with Crippen molar-refractivity contribution in [3.63, 3.8) is 0 Å². The zero-order chi connectivity index (χ0) is 8.97. The molecule has 0 spiro atoms. The van der Waals surface area contributed by atoms with Gasteiger partial charge in [-0.3, -0.25) is 0 Å². The van der Waals surface area contributed by atoms with Crippen molar-refractivity contribution in [2.45, 2.75) is 20.0 Å². The monoisotopic (exact) mass is 181 g/mol. The van der Waals surface area contributed by atoms with Crippen LogP contribution in [0.25, 0.3) is 0 Å². The highest BCUT2D eigenvalue weighted by atomic mass is 16.5. The molecule has 0 amide bonds. The third kappa shape index (κ3) is 3.71. The molecule has 0 heterocycles. The molecule has 1 rings (SSSR count). The Hall–Kier alpha value is -1.35. The fourth-order valence-corrected chi connectivity index (χ4v) is 0.856. The topological polar surface area (TPSA) is 61.3 Å². The fourth-order valence-electron chi connectivity index (χ4n) is 0.856. The summed E-state index contributed by atoms with van der Waals surface area (Å²) in [6.07, 6.45) is -0.0577. The van der Waals surface area contributed by atoms with Crippen LogP contribution in [0.1, 0.15) is 24.2 Å². The average molecular weight is 181 g/mol. The minimum Gasteiger partial charge on any atom is -0.459 e. The van der Waals surface area contributed by atoms with Gasteiger partial charge < -0.3 is 10.9 Å². The molecule has 0 aromatic heterocycles. The molecule has 0 aliphatic rings. The van der Waals surface area contributed by atoms with Crippen LogP contribution in [0.2, 0.25) is 0 Å². The van der Waals surface area contributed by atoms with Crippen molar-refractivity contribution in [1.82, 2.24) is 6.15 Å². The van der Waals surface area contributed by atoms with Gasteiger partial charge in [-0.1, -0.05) is 18.2 Å². The Kier molecular flexibility index (Phi) is 4.77. The van der Waals surface area contributed by atoms with Crippen LogP contribution in [0, 0.1) is 0 Å². The smallest absolute Gasteiger partial charge is 0.338 e. The molecule has 0 saturated carbocycles. The largest absolute Gasteiger partial charge is 0.459 e. The molecule has 0 aliphatic heterocycles. The first-order chi connectivity index (χ1) is 5.70. The van der Waals surface area contributed by atoms with Crippen LogP contribution in [0.5, 0.6) is 0 Å². The Labute approximate surface area is 78.3 Å². The quantitative estimate of drug-likeness (QED) is 0.712. The number of carbonyl (C=O) groups excluding carboxylic acids is 1. The van der Waals surface area contributed by atoms with Crippen molar-refractivity contribution < 1.29 is 9.53 Å². The average Bonchev–Trinajstić information content (AvgIpc) is 2.05. The minimum atomic E-state index is -0.259. The summed E-state index contributed by atoms with van der Waals surface area (Å²) in [6.45, 7) is 3.67. The number of carbonyl (C=O) groups is 1. The summed E-state index contributed by atoms with van der Waals surface area (Å²) >= 11 is 0. The van der Waals surface area contributed by atoms with Gasteiger partial charge in [-0.2, -0.15) is 0 Å². The van der Waals surface area contributed by atoms with Gasteiger partial charge in [0.15, 0.2) is 0 Å².